The van der Waals surface area contributed by atoms with Crippen LogP contribution in [-0.4, -0.2) is 71.0 Å². The Balaban J connectivity index is 1.25. The highest BCUT2D eigenvalue weighted by atomic mass is 32.2. The van der Waals surface area contributed by atoms with Gasteiger partial charge in [-0.2, -0.15) is 0 Å². The predicted octanol–water partition coefficient (Wildman–Crippen LogP) is 3.40. The zero-order chi connectivity index (χ0) is 24.8. The van der Waals surface area contributed by atoms with Crippen molar-refractivity contribution in [2.24, 2.45) is 0 Å². The predicted molar refractivity (Wildman–Crippen MR) is 136 cm³/mol. The van der Waals surface area contributed by atoms with Gasteiger partial charge in [-0.25, -0.2) is 8.42 Å². The van der Waals surface area contributed by atoms with Gasteiger partial charge in [-0.15, -0.1) is 0 Å². The van der Waals surface area contributed by atoms with Gasteiger partial charge in [0.2, 0.25) is 9.84 Å². The van der Waals surface area contributed by atoms with Crippen LogP contribution in [0, 0.1) is 6.92 Å². The number of aryl methyl sites for hydroxylation is 1. The Kier molecular flexibility index (Phi) is 7.95. The summed E-state index contributed by atoms with van der Waals surface area (Å²) in [6, 6.07) is 21.1. The molecule has 0 aliphatic carbocycles. The van der Waals surface area contributed by atoms with Crippen LogP contribution in [0.1, 0.15) is 5.56 Å². The average Bonchev–Trinajstić information content (AvgIpc) is 2.88. The van der Waals surface area contributed by atoms with E-state index >= 15 is 0 Å². The number of piperazine rings is 1. The maximum atomic E-state index is 12.8. The number of aliphatic hydroxyl groups excluding tert-OH is 1. The van der Waals surface area contributed by atoms with E-state index in [0.29, 0.717) is 12.3 Å². The quantitative estimate of drug-likeness (QED) is 0.486. The molecule has 1 aliphatic heterocycles. The summed E-state index contributed by atoms with van der Waals surface area (Å²) >= 11 is 0. The number of aliphatic hydroxyl groups is 1. The smallest absolute Gasteiger partial charge is 0.206 e. The molecule has 8 heteroatoms. The Morgan fingerprint density at radius 3 is 2.11 bits per heavy atom. The van der Waals surface area contributed by atoms with Crippen LogP contribution in [0.4, 0.5) is 5.69 Å². The highest BCUT2D eigenvalue weighted by molar-refractivity contribution is 7.91. The number of anilines is 1. The van der Waals surface area contributed by atoms with Crippen molar-refractivity contribution in [3.63, 3.8) is 0 Å². The van der Waals surface area contributed by atoms with Crippen molar-refractivity contribution >= 4 is 15.5 Å². The number of rotatable bonds is 9. The van der Waals surface area contributed by atoms with E-state index < -0.39 is 15.9 Å². The molecule has 0 bridgehead atoms. The molecular weight excluding hydrogens is 464 g/mol. The molecular formula is C27H32N2O5S. The molecule has 4 rings (SSSR count). The number of methoxy groups -OCH3 is 1. The van der Waals surface area contributed by atoms with E-state index in [1.165, 1.54) is 12.1 Å². The Morgan fingerprint density at radius 2 is 1.49 bits per heavy atom. The van der Waals surface area contributed by atoms with Crippen LogP contribution >= 0.6 is 0 Å². The molecule has 1 atom stereocenters. The first-order valence-corrected chi connectivity index (χ1v) is 13.2. The van der Waals surface area contributed by atoms with Crippen LogP contribution in [0.15, 0.2) is 82.6 Å². The lowest BCUT2D eigenvalue weighted by Crippen LogP contribution is -2.49. The van der Waals surface area contributed by atoms with E-state index in [2.05, 4.69) is 15.9 Å². The van der Waals surface area contributed by atoms with Gasteiger partial charge in [-0.1, -0.05) is 29.8 Å². The van der Waals surface area contributed by atoms with Crippen LogP contribution in [-0.2, 0) is 9.84 Å². The van der Waals surface area contributed by atoms with Gasteiger partial charge in [0.1, 0.15) is 24.2 Å². The molecule has 0 amide bonds. The van der Waals surface area contributed by atoms with Gasteiger partial charge in [-0.3, -0.25) is 4.90 Å². The second-order valence-corrected chi connectivity index (χ2v) is 10.7. The lowest BCUT2D eigenvalue weighted by atomic mass is 10.2. The summed E-state index contributed by atoms with van der Waals surface area (Å²) in [4.78, 5) is 4.99. The van der Waals surface area contributed by atoms with Crippen molar-refractivity contribution in [3.8, 4) is 11.5 Å². The summed E-state index contributed by atoms with van der Waals surface area (Å²) < 4.78 is 36.8. The number of para-hydroxylation sites is 2. The van der Waals surface area contributed by atoms with Crippen molar-refractivity contribution in [2.75, 3.05) is 51.3 Å². The maximum Gasteiger partial charge on any atom is 0.206 e. The molecule has 7 nitrogen and oxygen atoms in total. The minimum atomic E-state index is -3.58. The van der Waals surface area contributed by atoms with E-state index in [1.807, 2.05) is 25.1 Å². The zero-order valence-corrected chi connectivity index (χ0v) is 20.9. The van der Waals surface area contributed by atoms with Gasteiger partial charge < -0.3 is 19.5 Å². The number of hydrogen-bond donors (Lipinski definition) is 1. The first-order valence-electron chi connectivity index (χ1n) is 11.7. The molecule has 35 heavy (non-hydrogen) atoms. The number of sulfone groups is 1. The number of nitrogens with zero attached hydrogens (tertiary/aromatic N) is 2. The summed E-state index contributed by atoms with van der Waals surface area (Å²) in [6.07, 6.45) is -0.649. The van der Waals surface area contributed by atoms with Crippen molar-refractivity contribution in [1.82, 2.24) is 4.90 Å². The third-order valence-corrected chi connectivity index (χ3v) is 7.96. The van der Waals surface area contributed by atoms with Crippen molar-refractivity contribution < 1.29 is 23.0 Å². The summed E-state index contributed by atoms with van der Waals surface area (Å²) in [6.45, 7) is 5.94. The van der Waals surface area contributed by atoms with Crippen LogP contribution in [0.25, 0.3) is 0 Å². The Hall–Kier alpha value is -3.07. The van der Waals surface area contributed by atoms with Crippen LogP contribution < -0.4 is 14.4 Å². The first-order chi connectivity index (χ1) is 16.9. The molecule has 1 fully saturated rings. The summed E-state index contributed by atoms with van der Waals surface area (Å²) in [5.74, 6) is 1.39. The fourth-order valence-corrected chi connectivity index (χ4v) is 5.44. The first kappa shape index (κ1) is 25.0. The molecule has 186 valence electrons. The lowest BCUT2D eigenvalue weighted by molar-refractivity contribution is 0.0662. The largest absolute Gasteiger partial charge is 0.495 e. The monoisotopic (exact) mass is 496 g/mol. The fourth-order valence-electron chi connectivity index (χ4n) is 4.17. The average molecular weight is 497 g/mol. The van der Waals surface area contributed by atoms with Crippen molar-refractivity contribution in [1.29, 1.82) is 0 Å². The molecule has 1 aliphatic rings. The van der Waals surface area contributed by atoms with Crippen molar-refractivity contribution in [2.45, 2.75) is 22.8 Å². The molecule has 3 aromatic rings. The fraction of sp³-hybridized carbons (Fsp3) is 0.333. The lowest BCUT2D eigenvalue weighted by Gasteiger charge is -2.37. The third kappa shape index (κ3) is 6.14. The highest BCUT2D eigenvalue weighted by Crippen LogP contribution is 2.28. The van der Waals surface area contributed by atoms with E-state index in [-0.39, 0.29) is 16.4 Å². The van der Waals surface area contributed by atoms with Gasteiger partial charge in [0.05, 0.1) is 22.6 Å². The number of benzene rings is 3. The normalized spacial score (nSPS) is 15.6. The number of β-amino-alcohol motifs (C(OH)–C–C–N with tert-alkyl or cyclic N) is 1. The second kappa shape index (κ2) is 11.1. The van der Waals surface area contributed by atoms with E-state index in [0.717, 1.165) is 43.2 Å². The summed E-state index contributed by atoms with van der Waals surface area (Å²) in [5, 5.41) is 10.5. The van der Waals surface area contributed by atoms with E-state index in [4.69, 9.17) is 9.47 Å². The van der Waals surface area contributed by atoms with Crippen LogP contribution in [0.2, 0.25) is 0 Å². The number of ether oxygens (including phenoxy) is 2. The molecule has 1 saturated heterocycles. The Labute approximate surface area is 207 Å². The molecule has 1 N–H and O–H groups in total. The van der Waals surface area contributed by atoms with Gasteiger partial charge >= 0.3 is 0 Å². The molecule has 0 saturated carbocycles. The van der Waals surface area contributed by atoms with E-state index in [9.17, 15) is 13.5 Å². The van der Waals surface area contributed by atoms with Gasteiger partial charge in [0, 0.05) is 32.7 Å². The molecule has 1 heterocycles. The third-order valence-electron chi connectivity index (χ3n) is 6.17. The highest BCUT2D eigenvalue weighted by Gasteiger charge is 2.22. The molecule has 0 spiro atoms. The van der Waals surface area contributed by atoms with Gasteiger partial charge in [-0.05, 0) is 55.5 Å². The van der Waals surface area contributed by atoms with E-state index in [1.54, 1.807) is 43.5 Å². The standard InChI is InChI=1S/C27H32N2O5S/c1-21-7-11-24(12-8-21)35(31,32)25-13-9-23(10-14-25)34-20-22(30)19-28-15-17-29(18-16-28)26-5-3-4-6-27(26)33-2/h3-14,22,30H,15-20H2,1-2H3. The minimum Gasteiger partial charge on any atom is -0.495 e. The SMILES string of the molecule is COc1ccccc1N1CCN(CC(O)COc2ccc(S(=O)(=O)c3ccc(C)cc3)cc2)CC1. The maximum absolute atomic E-state index is 12.8. The topological polar surface area (TPSA) is 79.3 Å². The molecule has 3 aromatic carbocycles. The Morgan fingerprint density at radius 1 is 0.886 bits per heavy atom. The minimum absolute atomic E-state index is 0.136. The summed E-state index contributed by atoms with van der Waals surface area (Å²) in [7, 11) is -1.89. The van der Waals surface area contributed by atoms with Gasteiger partial charge in [0.15, 0.2) is 0 Å². The zero-order valence-electron chi connectivity index (χ0n) is 20.1. The Bertz CT molecular complexity index is 1210. The van der Waals surface area contributed by atoms with Crippen molar-refractivity contribution in [3.05, 3.63) is 78.4 Å². The van der Waals surface area contributed by atoms with Crippen LogP contribution in [0.5, 0.6) is 11.5 Å². The van der Waals surface area contributed by atoms with Gasteiger partial charge in [0.25, 0.3) is 0 Å². The van der Waals surface area contributed by atoms with Crippen LogP contribution in [0.3, 0.4) is 0 Å². The number of hydrogen-bond acceptors (Lipinski definition) is 7. The summed E-state index contributed by atoms with van der Waals surface area (Å²) in [5.41, 5.74) is 2.09. The molecule has 0 aromatic heterocycles. The second-order valence-electron chi connectivity index (χ2n) is 8.71. The molecule has 0 radical (unpaired) electrons. The molecule has 1 unspecified atom stereocenters.